The molecule has 1 amide bonds. The third-order valence-corrected chi connectivity index (χ3v) is 5.52. The van der Waals surface area contributed by atoms with E-state index in [9.17, 15) is 18.0 Å². The van der Waals surface area contributed by atoms with Gasteiger partial charge in [0.05, 0.1) is 11.3 Å². The molecule has 0 saturated carbocycles. The van der Waals surface area contributed by atoms with Gasteiger partial charge in [0.25, 0.3) is 5.91 Å². The van der Waals surface area contributed by atoms with Crippen LogP contribution in [0.5, 0.6) is 0 Å². The van der Waals surface area contributed by atoms with Crippen molar-refractivity contribution < 1.29 is 23.1 Å². The van der Waals surface area contributed by atoms with E-state index in [1.54, 1.807) is 13.8 Å². The highest BCUT2D eigenvalue weighted by molar-refractivity contribution is 7.89. The molecular formula is C15H22N2O5S. The second-order valence-corrected chi connectivity index (χ2v) is 6.92. The maximum absolute atomic E-state index is 12.4. The molecule has 7 nitrogen and oxygen atoms in total. The fourth-order valence-electron chi connectivity index (χ4n) is 2.07. The van der Waals surface area contributed by atoms with Crippen LogP contribution in [-0.4, -0.2) is 61.3 Å². The molecule has 8 heteroatoms. The van der Waals surface area contributed by atoms with Gasteiger partial charge < -0.3 is 10.0 Å². The highest BCUT2D eigenvalue weighted by Crippen LogP contribution is 2.17. The second kappa shape index (κ2) is 8.07. The van der Waals surface area contributed by atoms with Crippen LogP contribution >= 0.6 is 0 Å². The number of hydrogen-bond acceptors (Lipinski definition) is 4. The topological polar surface area (TPSA) is 95.0 Å². The molecule has 0 aliphatic heterocycles. The molecular weight excluding hydrogens is 320 g/mol. The Morgan fingerprint density at radius 1 is 1.09 bits per heavy atom. The number of sulfonamides is 1. The number of carboxylic acids is 1. The molecule has 128 valence electrons. The van der Waals surface area contributed by atoms with Crippen LogP contribution in [0.15, 0.2) is 29.2 Å². The van der Waals surface area contributed by atoms with E-state index in [-0.39, 0.29) is 23.8 Å². The third-order valence-electron chi connectivity index (χ3n) is 3.45. The zero-order valence-electron chi connectivity index (χ0n) is 13.5. The van der Waals surface area contributed by atoms with Crippen LogP contribution in [0.4, 0.5) is 0 Å². The van der Waals surface area contributed by atoms with Crippen LogP contribution in [-0.2, 0) is 14.8 Å². The van der Waals surface area contributed by atoms with Crippen molar-refractivity contribution in [3.63, 3.8) is 0 Å². The van der Waals surface area contributed by atoms with E-state index < -0.39 is 16.0 Å². The quantitative estimate of drug-likeness (QED) is 0.767. The first-order valence-corrected chi connectivity index (χ1v) is 8.75. The first kappa shape index (κ1) is 19.1. The molecule has 0 aliphatic rings. The van der Waals surface area contributed by atoms with Crippen LogP contribution in [0.2, 0.25) is 0 Å². The number of hydrogen-bond donors (Lipinski definition) is 1. The lowest BCUT2D eigenvalue weighted by atomic mass is 10.2. The van der Waals surface area contributed by atoms with E-state index in [0.717, 1.165) is 0 Å². The highest BCUT2D eigenvalue weighted by Gasteiger charge is 2.22. The molecule has 23 heavy (non-hydrogen) atoms. The lowest BCUT2D eigenvalue weighted by Crippen LogP contribution is -2.31. The molecule has 0 spiro atoms. The lowest BCUT2D eigenvalue weighted by molar-refractivity contribution is -0.137. The monoisotopic (exact) mass is 342 g/mol. The summed E-state index contributed by atoms with van der Waals surface area (Å²) in [4.78, 5) is 24.1. The molecule has 0 saturated heterocycles. The summed E-state index contributed by atoms with van der Waals surface area (Å²) in [5.41, 5.74) is 0.316. The third kappa shape index (κ3) is 4.77. The molecule has 1 rings (SSSR count). The minimum atomic E-state index is -3.55. The average Bonchev–Trinajstić information content (AvgIpc) is 2.52. The van der Waals surface area contributed by atoms with Crippen molar-refractivity contribution in [1.82, 2.24) is 9.21 Å². The predicted octanol–water partition coefficient (Wildman–Crippen LogP) is 1.26. The normalized spacial score (nSPS) is 11.5. The van der Waals surface area contributed by atoms with Gasteiger partial charge in [-0.1, -0.05) is 13.8 Å². The Kier molecular flexibility index (Phi) is 6.71. The predicted molar refractivity (Wildman–Crippen MR) is 85.8 cm³/mol. The molecule has 0 radical (unpaired) electrons. The molecule has 0 aliphatic carbocycles. The van der Waals surface area contributed by atoms with Gasteiger partial charge in [-0.2, -0.15) is 4.31 Å². The fourth-order valence-corrected chi connectivity index (χ4v) is 3.53. The number of nitrogens with zero attached hydrogens (tertiary/aromatic N) is 2. The summed E-state index contributed by atoms with van der Waals surface area (Å²) < 4.78 is 26.0. The van der Waals surface area contributed by atoms with Crippen molar-refractivity contribution in [3.8, 4) is 0 Å². The smallest absolute Gasteiger partial charge is 0.305 e. The van der Waals surface area contributed by atoms with Crippen LogP contribution in [0.3, 0.4) is 0 Å². The molecule has 1 aromatic carbocycles. The van der Waals surface area contributed by atoms with E-state index >= 15 is 0 Å². The van der Waals surface area contributed by atoms with Gasteiger partial charge in [0.2, 0.25) is 10.0 Å². The van der Waals surface area contributed by atoms with Crippen molar-refractivity contribution in [2.24, 2.45) is 0 Å². The minimum Gasteiger partial charge on any atom is -0.481 e. The van der Waals surface area contributed by atoms with Crippen LogP contribution in [0, 0.1) is 0 Å². The Hall–Kier alpha value is -1.93. The average molecular weight is 342 g/mol. The molecule has 0 unspecified atom stereocenters. The minimum absolute atomic E-state index is 0.0909. The first-order valence-electron chi connectivity index (χ1n) is 7.31. The Morgan fingerprint density at radius 2 is 1.61 bits per heavy atom. The number of aliphatic carboxylic acids is 1. The second-order valence-electron chi connectivity index (χ2n) is 4.98. The Morgan fingerprint density at radius 3 is 2.04 bits per heavy atom. The number of carbonyl (C=O) groups is 2. The Labute approximate surface area is 136 Å². The van der Waals surface area contributed by atoms with Crippen molar-refractivity contribution in [3.05, 3.63) is 29.8 Å². The van der Waals surface area contributed by atoms with E-state index in [0.29, 0.717) is 18.7 Å². The number of rotatable bonds is 8. The molecule has 0 atom stereocenters. The van der Waals surface area contributed by atoms with E-state index in [1.165, 1.54) is 40.5 Å². The zero-order valence-corrected chi connectivity index (χ0v) is 14.3. The number of amides is 1. The molecule has 1 N–H and O–H groups in total. The first-order chi connectivity index (χ1) is 10.7. The fraction of sp³-hybridized carbons (Fsp3) is 0.467. The number of carbonyl (C=O) groups excluding carboxylic acids is 1. The number of benzene rings is 1. The maximum atomic E-state index is 12.4. The Balaban J connectivity index is 2.92. The van der Waals surface area contributed by atoms with Crippen LogP contribution in [0.25, 0.3) is 0 Å². The SMILES string of the molecule is CCN(CC)S(=O)(=O)c1ccc(C(=O)N(C)CCC(=O)O)cc1. The Bertz CT molecular complexity index is 651. The van der Waals surface area contributed by atoms with Crippen molar-refractivity contribution in [2.75, 3.05) is 26.7 Å². The van der Waals surface area contributed by atoms with Crippen molar-refractivity contribution in [2.45, 2.75) is 25.2 Å². The van der Waals surface area contributed by atoms with Gasteiger partial charge >= 0.3 is 5.97 Å². The molecule has 0 fully saturated rings. The summed E-state index contributed by atoms with van der Waals surface area (Å²) in [6.07, 6.45) is -0.142. The molecule has 0 heterocycles. The largest absolute Gasteiger partial charge is 0.481 e. The summed E-state index contributed by atoms with van der Waals surface area (Å²) in [6, 6.07) is 5.67. The zero-order chi connectivity index (χ0) is 17.6. The van der Waals surface area contributed by atoms with Crippen molar-refractivity contribution in [1.29, 1.82) is 0 Å². The van der Waals surface area contributed by atoms with Gasteiger partial charge in [-0.25, -0.2) is 8.42 Å². The summed E-state index contributed by atoms with van der Waals surface area (Å²) >= 11 is 0. The van der Waals surface area contributed by atoms with Crippen LogP contribution < -0.4 is 0 Å². The molecule has 0 aromatic heterocycles. The molecule has 1 aromatic rings. The summed E-state index contributed by atoms with van der Waals surface area (Å²) in [5, 5.41) is 8.63. The lowest BCUT2D eigenvalue weighted by Gasteiger charge is -2.19. The number of carboxylic acid groups (broad SMARTS) is 1. The van der Waals surface area contributed by atoms with Gasteiger partial charge in [0.1, 0.15) is 0 Å². The summed E-state index contributed by atoms with van der Waals surface area (Å²) in [7, 11) is -2.05. The van der Waals surface area contributed by atoms with Gasteiger partial charge in [-0.3, -0.25) is 9.59 Å². The summed E-state index contributed by atoms with van der Waals surface area (Å²) in [6.45, 7) is 4.36. The van der Waals surface area contributed by atoms with Gasteiger partial charge in [-0.15, -0.1) is 0 Å². The maximum Gasteiger partial charge on any atom is 0.305 e. The standard InChI is InChI=1S/C15H22N2O5S/c1-4-17(5-2)23(21,22)13-8-6-12(7-9-13)15(20)16(3)11-10-14(18)19/h6-9H,4-5,10-11H2,1-3H3,(H,18,19). The van der Waals surface area contributed by atoms with Gasteiger partial charge in [0.15, 0.2) is 0 Å². The highest BCUT2D eigenvalue weighted by atomic mass is 32.2. The van der Waals surface area contributed by atoms with E-state index in [1.807, 2.05) is 0 Å². The van der Waals surface area contributed by atoms with E-state index in [2.05, 4.69) is 0 Å². The van der Waals surface area contributed by atoms with Gasteiger partial charge in [0, 0.05) is 32.2 Å². The van der Waals surface area contributed by atoms with Crippen molar-refractivity contribution >= 4 is 21.9 Å². The molecule has 0 bridgehead atoms. The van der Waals surface area contributed by atoms with Crippen LogP contribution in [0.1, 0.15) is 30.6 Å². The van der Waals surface area contributed by atoms with Gasteiger partial charge in [-0.05, 0) is 24.3 Å². The summed E-state index contributed by atoms with van der Waals surface area (Å²) in [5.74, 6) is -1.33. The van der Waals surface area contributed by atoms with E-state index in [4.69, 9.17) is 5.11 Å².